The number of ether oxygens (including phenoxy) is 2. The number of hydrogen-bond acceptors (Lipinski definition) is 5. The number of imide groups is 1. The first kappa shape index (κ1) is 20.0. The lowest BCUT2D eigenvalue weighted by Crippen LogP contribution is -2.37. The normalized spacial score (nSPS) is 17.0. The maximum atomic E-state index is 13.6. The Morgan fingerprint density at radius 3 is 2.43 bits per heavy atom. The highest BCUT2D eigenvalue weighted by Gasteiger charge is 2.43. The van der Waals surface area contributed by atoms with Crippen molar-refractivity contribution >= 4 is 23.1 Å². The molecule has 0 atom stereocenters. The maximum absolute atomic E-state index is 13.6. The van der Waals surface area contributed by atoms with Crippen LogP contribution in [0.1, 0.15) is 31.7 Å². The minimum atomic E-state index is -0.335. The van der Waals surface area contributed by atoms with Crippen molar-refractivity contribution in [2.24, 2.45) is 0 Å². The number of hydrogen-bond donors (Lipinski definition) is 0. The molecule has 6 nitrogen and oxygen atoms in total. The fourth-order valence-electron chi connectivity index (χ4n) is 4.14. The van der Waals surface area contributed by atoms with Crippen molar-refractivity contribution < 1.29 is 19.1 Å². The smallest absolute Gasteiger partial charge is 0.282 e. The second-order valence-corrected chi connectivity index (χ2v) is 7.35. The standard InChI is InChI=1S/C24H26N2O4/c1-3-30-18-11-9-10-17(16-18)26-23(27)21(19-12-5-6-13-20(19)29-2)22(24(26)28)25-14-7-4-8-15-25/h5-6,9-13,16H,3-4,7-8,14-15H2,1-2H3. The van der Waals surface area contributed by atoms with Gasteiger partial charge in [-0.15, -0.1) is 0 Å². The lowest BCUT2D eigenvalue weighted by molar-refractivity contribution is -0.120. The average molecular weight is 406 g/mol. The maximum Gasteiger partial charge on any atom is 0.282 e. The van der Waals surface area contributed by atoms with Crippen molar-refractivity contribution in [1.82, 2.24) is 4.90 Å². The molecule has 2 aliphatic rings. The summed E-state index contributed by atoms with van der Waals surface area (Å²) in [5.41, 5.74) is 2.02. The van der Waals surface area contributed by atoms with Crippen LogP contribution >= 0.6 is 0 Å². The lowest BCUT2D eigenvalue weighted by atomic mass is 10.0. The monoisotopic (exact) mass is 406 g/mol. The predicted molar refractivity (Wildman–Crippen MR) is 115 cm³/mol. The zero-order chi connectivity index (χ0) is 21.1. The van der Waals surface area contributed by atoms with Crippen LogP contribution in [0, 0.1) is 0 Å². The first-order valence-electron chi connectivity index (χ1n) is 10.4. The largest absolute Gasteiger partial charge is 0.496 e. The van der Waals surface area contributed by atoms with E-state index in [9.17, 15) is 9.59 Å². The zero-order valence-corrected chi connectivity index (χ0v) is 17.4. The van der Waals surface area contributed by atoms with Crippen LogP contribution in [0.5, 0.6) is 11.5 Å². The number of anilines is 1. The second kappa shape index (κ2) is 8.61. The average Bonchev–Trinajstić information content (AvgIpc) is 3.04. The van der Waals surface area contributed by atoms with Crippen molar-refractivity contribution in [3.63, 3.8) is 0 Å². The number of benzene rings is 2. The Labute approximate surface area is 176 Å². The third kappa shape index (κ3) is 3.54. The molecule has 2 aromatic rings. The molecule has 0 unspecified atom stereocenters. The van der Waals surface area contributed by atoms with Crippen LogP contribution in [-0.4, -0.2) is 43.5 Å². The van der Waals surface area contributed by atoms with Gasteiger partial charge < -0.3 is 14.4 Å². The van der Waals surface area contributed by atoms with Gasteiger partial charge in [-0.3, -0.25) is 9.59 Å². The van der Waals surface area contributed by atoms with Crippen LogP contribution in [0.2, 0.25) is 0 Å². The molecule has 156 valence electrons. The van der Waals surface area contributed by atoms with Crippen molar-refractivity contribution in [2.45, 2.75) is 26.2 Å². The molecule has 2 aliphatic heterocycles. The van der Waals surface area contributed by atoms with Crippen molar-refractivity contribution in [3.8, 4) is 11.5 Å². The Morgan fingerprint density at radius 2 is 1.70 bits per heavy atom. The van der Waals surface area contributed by atoms with E-state index in [2.05, 4.69) is 4.90 Å². The Balaban J connectivity index is 1.83. The van der Waals surface area contributed by atoms with Crippen molar-refractivity contribution in [1.29, 1.82) is 0 Å². The molecular weight excluding hydrogens is 380 g/mol. The Bertz CT molecular complexity index is 992. The molecule has 6 heteroatoms. The van der Waals surface area contributed by atoms with Gasteiger partial charge in [0.1, 0.15) is 17.2 Å². The molecule has 0 N–H and O–H groups in total. The quantitative estimate of drug-likeness (QED) is 0.682. The highest BCUT2D eigenvalue weighted by atomic mass is 16.5. The third-order valence-corrected chi connectivity index (χ3v) is 5.49. The van der Waals surface area contributed by atoms with Crippen molar-refractivity contribution in [2.75, 3.05) is 31.7 Å². The summed E-state index contributed by atoms with van der Waals surface area (Å²) in [7, 11) is 1.57. The number of likely N-dealkylation sites (tertiary alicyclic amines) is 1. The van der Waals surface area contributed by atoms with Gasteiger partial charge in [0.2, 0.25) is 0 Å². The van der Waals surface area contributed by atoms with Crippen molar-refractivity contribution in [3.05, 3.63) is 59.8 Å². The van der Waals surface area contributed by atoms with Crippen LogP contribution in [0.15, 0.2) is 54.2 Å². The van der Waals surface area contributed by atoms with Crippen LogP contribution in [0.4, 0.5) is 5.69 Å². The molecule has 30 heavy (non-hydrogen) atoms. The van der Waals surface area contributed by atoms with Gasteiger partial charge >= 0.3 is 0 Å². The minimum absolute atomic E-state index is 0.295. The molecule has 0 aromatic heterocycles. The van der Waals surface area contributed by atoms with Gasteiger partial charge in [0.05, 0.1) is 25.0 Å². The molecule has 4 rings (SSSR count). The van der Waals surface area contributed by atoms with E-state index in [0.717, 1.165) is 32.4 Å². The van der Waals surface area contributed by atoms with Gasteiger partial charge in [-0.25, -0.2) is 4.90 Å². The molecular formula is C24H26N2O4. The van der Waals surface area contributed by atoms with E-state index in [1.165, 1.54) is 4.90 Å². The number of nitrogens with zero attached hydrogens (tertiary/aromatic N) is 2. The minimum Gasteiger partial charge on any atom is -0.496 e. The first-order valence-corrected chi connectivity index (χ1v) is 10.4. The molecule has 2 aromatic carbocycles. The molecule has 0 spiro atoms. The van der Waals surface area contributed by atoms with Crippen LogP contribution < -0.4 is 14.4 Å². The Kier molecular flexibility index (Phi) is 5.74. The number of methoxy groups -OCH3 is 1. The molecule has 2 heterocycles. The van der Waals surface area contributed by atoms with Gasteiger partial charge in [-0.1, -0.05) is 24.3 Å². The summed E-state index contributed by atoms with van der Waals surface area (Å²) in [6.45, 7) is 3.93. The Hall–Kier alpha value is -3.28. The van der Waals surface area contributed by atoms with Gasteiger partial charge in [0.25, 0.3) is 11.8 Å². The lowest BCUT2D eigenvalue weighted by Gasteiger charge is -2.29. The molecule has 0 saturated carbocycles. The van der Waals surface area contributed by atoms with E-state index in [-0.39, 0.29) is 11.8 Å². The van der Waals surface area contributed by atoms with E-state index in [1.54, 1.807) is 25.3 Å². The van der Waals surface area contributed by atoms with E-state index >= 15 is 0 Å². The number of carbonyl (C=O) groups excluding carboxylic acids is 2. The summed E-state index contributed by atoms with van der Waals surface area (Å²) in [5, 5.41) is 0. The van der Waals surface area contributed by atoms with Gasteiger partial charge in [-0.2, -0.15) is 0 Å². The number of carbonyl (C=O) groups is 2. The van der Waals surface area contributed by atoms with Crippen LogP contribution in [0.25, 0.3) is 5.57 Å². The van der Waals surface area contributed by atoms with Crippen LogP contribution in [-0.2, 0) is 9.59 Å². The first-order chi connectivity index (χ1) is 14.7. The molecule has 0 aliphatic carbocycles. The van der Waals surface area contributed by atoms with E-state index in [4.69, 9.17) is 9.47 Å². The van der Waals surface area contributed by atoms with E-state index in [1.807, 2.05) is 37.3 Å². The predicted octanol–water partition coefficient (Wildman–Crippen LogP) is 3.86. The number of amides is 2. The van der Waals surface area contributed by atoms with Gasteiger partial charge in [0, 0.05) is 24.7 Å². The number of rotatable bonds is 6. The summed E-state index contributed by atoms with van der Waals surface area (Å²) in [5.74, 6) is 0.573. The fourth-order valence-corrected chi connectivity index (χ4v) is 4.14. The summed E-state index contributed by atoms with van der Waals surface area (Å²) in [4.78, 5) is 30.5. The van der Waals surface area contributed by atoms with Gasteiger partial charge in [0.15, 0.2) is 0 Å². The molecule has 2 amide bonds. The van der Waals surface area contributed by atoms with Crippen LogP contribution in [0.3, 0.4) is 0 Å². The molecule has 1 saturated heterocycles. The number of para-hydroxylation sites is 1. The second-order valence-electron chi connectivity index (χ2n) is 7.35. The highest BCUT2D eigenvalue weighted by Crippen LogP contribution is 2.39. The summed E-state index contributed by atoms with van der Waals surface area (Å²) < 4.78 is 11.1. The summed E-state index contributed by atoms with van der Waals surface area (Å²) in [6, 6.07) is 14.5. The summed E-state index contributed by atoms with van der Waals surface area (Å²) in [6.07, 6.45) is 3.14. The van der Waals surface area contributed by atoms with E-state index in [0.29, 0.717) is 40.6 Å². The zero-order valence-electron chi connectivity index (χ0n) is 17.4. The Morgan fingerprint density at radius 1 is 0.933 bits per heavy atom. The SMILES string of the molecule is CCOc1cccc(N2C(=O)C(c3ccccc3OC)=C(N3CCCCC3)C2=O)c1. The topological polar surface area (TPSA) is 59.1 Å². The molecule has 1 fully saturated rings. The molecule has 0 radical (unpaired) electrons. The summed E-state index contributed by atoms with van der Waals surface area (Å²) >= 11 is 0. The molecule has 0 bridgehead atoms. The van der Waals surface area contributed by atoms with E-state index < -0.39 is 0 Å². The van der Waals surface area contributed by atoms with Gasteiger partial charge in [-0.05, 0) is 44.4 Å². The number of piperidine rings is 1. The fraction of sp³-hybridized carbons (Fsp3) is 0.333. The highest BCUT2D eigenvalue weighted by molar-refractivity contribution is 6.45. The third-order valence-electron chi connectivity index (χ3n) is 5.49.